The van der Waals surface area contributed by atoms with Gasteiger partial charge in [0.05, 0.1) is 10.7 Å². The van der Waals surface area contributed by atoms with Crippen molar-refractivity contribution in [1.82, 2.24) is 9.88 Å². The Balaban J connectivity index is 1.75. The van der Waals surface area contributed by atoms with Crippen LogP contribution in [0.1, 0.15) is 44.2 Å². The first-order valence-electron chi connectivity index (χ1n) is 7.64. The molecule has 1 aromatic rings. The summed E-state index contributed by atoms with van der Waals surface area (Å²) in [5.41, 5.74) is 3.54. The molecule has 2 fully saturated rings. The van der Waals surface area contributed by atoms with Crippen LogP contribution in [0, 0.1) is 5.92 Å². The van der Waals surface area contributed by atoms with Crippen LogP contribution in [0.15, 0.2) is 12.1 Å². The minimum absolute atomic E-state index is 0.682. The van der Waals surface area contributed by atoms with Gasteiger partial charge in [-0.1, -0.05) is 24.4 Å². The molecule has 1 aliphatic carbocycles. The molecule has 3 rings (SSSR count). The van der Waals surface area contributed by atoms with Gasteiger partial charge in [-0.15, -0.1) is 0 Å². The van der Waals surface area contributed by atoms with Gasteiger partial charge in [0.25, 0.3) is 0 Å². The normalized spacial score (nSPS) is 27.1. The van der Waals surface area contributed by atoms with Crippen LogP contribution in [-0.4, -0.2) is 22.5 Å². The molecule has 2 aliphatic rings. The Morgan fingerprint density at radius 2 is 2.05 bits per heavy atom. The molecule has 0 unspecified atom stereocenters. The molecule has 0 aromatic carbocycles. The zero-order valence-corrected chi connectivity index (χ0v) is 12.6. The molecular formula is C15H23ClN4. The summed E-state index contributed by atoms with van der Waals surface area (Å²) in [6.07, 6.45) is 8.19. The predicted molar refractivity (Wildman–Crippen MR) is 82.4 cm³/mol. The summed E-state index contributed by atoms with van der Waals surface area (Å²) < 4.78 is 0. The first-order valence-corrected chi connectivity index (χ1v) is 8.02. The second-order valence-electron chi connectivity index (χ2n) is 5.99. The van der Waals surface area contributed by atoms with Crippen molar-refractivity contribution in [1.29, 1.82) is 0 Å². The van der Waals surface area contributed by atoms with Gasteiger partial charge in [0.15, 0.2) is 0 Å². The Morgan fingerprint density at radius 1 is 1.25 bits per heavy atom. The maximum absolute atomic E-state index is 6.29. The predicted octanol–water partition coefficient (Wildman–Crippen LogP) is 3.18. The van der Waals surface area contributed by atoms with E-state index >= 15 is 0 Å². The van der Waals surface area contributed by atoms with E-state index in [1.807, 2.05) is 12.1 Å². The standard InChI is InChI=1S/C15H23ClN4/c16-12-7-8-15(19-17)18-13(12)10-20-9-3-5-11-4-1-2-6-14(11)20/h7-8,11,14H,1-6,9-10,17H2,(H,18,19)/t11-,14-/m1/s1. The molecular weight excluding hydrogens is 272 g/mol. The maximum Gasteiger partial charge on any atom is 0.140 e. The van der Waals surface area contributed by atoms with Crippen LogP contribution in [-0.2, 0) is 6.54 Å². The van der Waals surface area contributed by atoms with Crippen LogP contribution in [0.25, 0.3) is 0 Å². The molecule has 3 N–H and O–H groups in total. The van der Waals surface area contributed by atoms with Gasteiger partial charge >= 0.3 is 0 Å². The highest BCUT2D eigenvalue weighted by Gasteiger charge is 2.33. The molecule has 20 heavy (non-hydrogen) atoms. The van der Waals surface area contributed by atoms with Gasteiger partial charge < -0.3 is 5.43 Å². The van der Waals surface area contributed by atoms with Gasteiger partial charge in [-0.3, -0.25) is 4.90 Å². The Bertz CT molecular complexity index is 463. The number of nitrogens with zero attached hydrogens (tertiary/aromatic N) is 2. The van der Waals surface area contributed by atoms with Gasteiger partial charge in [-0.25, -0.2) is 10.8 Å². The number of hydrogen-bond acceptors (Lipinski definition) is 4. The number of piperidine rings is 1. The lowest BCUT2D eigenvalue weighted by molar-refractivity contribution is 0.0538. The summed E-state index contributed by atoms with van der Waals surface area (Å²) >= 11 is 6.29. The van der Waals surface area contributed by atoms with E-state index in [1.165, 1.54) is 45.1 Å². The number of hydrogen-bond donors (Lipinski definition) is 2. The van der Waals surface area contributed by atoms with Crippen molar-refractivity contribution in [3.63, 3.8) is 0 Å². The summed E-state index contributed by atoms with van der Waals surface area (Å²) in [6.45, 7) is 2.01. The van der Waals surface area contributed by atoms with E-state index in [2.05, 4.69) is 15.3 Å². The van der Waals surface area contributed by atoms with Gasteiger partial charge in [0, 0.05) is 12.6 Å². The summed E-state index contributed by atoms with van der Waals surface area (Å²) in [5, 5.41) is 0.738. The number of hydrazine groups is 1. The van der Waals surface area contributed by atoms with Gasteiger partial charge in [0.1, 0.15) is 5.82 Å². The number of halogens is 1. The Hall–Kier alpha value is -0.840. The second-order valence-corrected chi connectivity index (χ2v) is 6.40. The second kappa shape index (κ2) is 6.29. The van der Waals surface area contributed by atoms with Crippen LogP contribution in [0.5, 0.6) is 0 Å². The van der Waals surface area contributed by atoms with E-state index in [1.54, 1.807) is 0 Å². The van der Waals surface area contributed by atoms with E-state index in [0.29, 0.717) is 5.82 Å². The largest absolute Gasteiger partial charge is 0.308 e. The number of nitrogens with two attached hydrogens (primary N) is 1. The molecule has 1 saturated heterocycles. The van der Waals surface area contributed by atoms with Crippen molar-refractivity contribution in [2.45, 2.75) is 51.1 Å². The van der Waals surface area contributed by atoms with Crippen molar-refractivity contribution in [2.75, 3.05) is 12.0 Å². The van der Waals surface area contributed by atoms with Crippen molar-refractivity contribution < 1.29 is 0 Å². The summed E-state index contributed by atoms with van der Waals surface area (Å²) in [4.78, 5) is 7.10. The van der Waals surface area contributed by atoms with Crippen LogP contribution in [0.3, 0.4) is 0 Å². The molecule has 5 heteroatoms. The monoisotopic (exact) mass is 294 g/mol. The average molecular weight is 295 g/mol. The molecule has 0 spiro atoms. The number of pyridine rings is 1. The molecule has 0 amide bonds. The van der Waals surface area contributed by atoms with Gasteiger partial charge in [0.2, 0.25) is 0 Å². The van der Waals surface area contributed by atoms with Crippen LogP contribution in [0.2, 0.25) is 5.02 Å². The first kappa shape index (κ1) is 14.1. The van der Waals surface area contributed by atoms with Crippen molar-refractivity contribution in [3.05, 3.63) is 22.8 Å². The lowest BCUT2D eigenvalue weighted by Crippen LogP contribution is -2.46. The summed E-state index contributed by atoms with van der Waals surface area (Å²) in [7, 11) is 0. The quantitative estimate of drug-likeness (QED) is 0.664. The lowest BCUT2D eigenvalue weighted by Gasteiger charge is -2.44. The molecule has 1 aliphatic heterocycles. The highest BCUT2D eigenvalue weighted by atomic mass is 35.5. The molecule has 0 bridgehead atoms. The molecule has 2 atom stereocenters. The van der Waals surface area contributed by atoms with Crippen molar-refractivity contribution in [3.8, 4) is 0 Å². The molecule has 2 heterocycles. The SMILES string of the molecule is NNc1ccc(Cl)c(CN2CCC[C@H]3CCCC[C@H]32)n1. The molecule has 4 nitrogen and oxygen atoms in total. The summed E-state index contributed by atoms with van der Waals surface area (Å²) in [5.74, 6) is 7.00. The van der Waals surface area contributed by atoms with E-state index in [9.17, 15) is 0 Å². The third-order valence-electron chi connectivity index (χ3n) is 4.78. The molecule has 1 saturated carbocycles. The van der Waals surface area contributed by atoms with E-state index in [0.717, 1.165) is 29.2 Å². The minimum atomic E-state index is 0.682. The van der Waals surface area contributed by atoms with Crippen LogP contribution >= 0.6 is 11.6 Å². The third-order valence-corrected chi connectivity index (χ3v) is 5.12. The maximum atomic E-state index is 6.29. The fraction of sp³-hybridized carbons (Fsp3) is 0.667. The van der Waals surface area contributed by atoms with Crippen LogP contribution in [0.4, 0.5) is 5.82 Å². The van der Waals surface area contributed by atoms with Gasteiger partial charge in [-0.2, -0.15) is 0 Å². The van der Waals surface area contributed by atoms with Crippen molar-refractivity contribution in [2.24, 2.45) is 11.8 Å². The Morgan fingerprint density at radius 3 is 2.90 bits per heavy atom. The third kappa shape index (κ3) is 2.92. The molecule has 0 radical (unpaired) electrons. The highest BCUT2D eigenvalue weighted by molar-refractivity contribution is 6.31. The molecule has 110 valence electrons. The number of nitrogen functional groups attached to an aromatic ring is 1. The fourth-order valence-electron chi connectivity index (χ4n) is 3.79. The van der Waals surface area contributed by atoms with E-state index in [-0.39, 0.29) is 0 Å². The minimum Gasteiger partial charge on any atom is -0.308 e. The lowest BCUT2D eigenvalue weighted by atomic mass is 9.78. The van der Waals surface area contributed by atoms with Crippen LogP contribution < -0.4 is 11.3 Å². The Labute approximate surface area is 125 Å². The fourth-order valence-corrected chi connectivity index (χ4v) is 3.96. The number of aromatic nitrogens is 1. The zero-order valence-electron chi connectivity index (χ0n) is 11.8. The Kier molecular flexibility index (Phi) is 4.44. The summed E-state index contributed by atoms with van der Waals surface area (Å²) in [6, 6.07) is 4.41. The average Bonchev–Trinajstić information content (AvgIpc) is 2.50. The number of likely N-dealkylation sites (tertiary alicyclic amines) is 1. The topological polar surface area (TPSA) is 54.2 Å². The smallest absolute Gasteiger partial charge is 0.140 e. The first-order chi connectivity index (χ1) is 9.78. The highest BCUT2D eigenvalue weighted by Crippen LogP contribution is 2.36. The number of fused-ring (bicyclic) bond motifs is 1. The number of rotatable bonds is 3. The van der Waals surface area contributed by atoms with E-state index < -0.39 is 0 Å². The van der Waals surface area contributed by atoms with E-state index in [4.69, 9.17) is 17.4 Å². The zero-order chi connectivity index (χ0) is 13.9. The molecule has 1 aromatic heterocycles. The van der Waals surface area contributed by atoms with Gasteiger partial charge in [-0.05, 0) is 50.3 Å². The van der Waals surface area contributed by atoms with Crippen molar-refractivity contribution >= 4 is 17.4 Å². The number of anilines is 1. The number of nitrogens with one attached hydrogen (secondary N) is 1.